The first-order chi connectivity index (χ1) is 8.16. The van der Waals surface area contributed by atoms with E-state index in [0.717, 1.165) is 15.6 Å². The van der Waals surface area contributed by atoms with E-state index >= 15 is 0 Å². The van der Waals surface area contributed by atoms with Crippen LogP contribution in [0.5, 0.6) is 0 Å². The lowest BCUT2D eigenvalue weighted by atomic mass is 9.95. The summed E-state index contributed by atoms with van der Waals surface area (Å²) in [5.74, 6) is 0.340. The number of aliphatic hydroxyl groups excluding tert-OH is 1. The fraction of sp³-hybridized carbons (Fsp3) is 0.286. The smallest absolute Gasteiger partial charge is 0.0932 e. The summed E-state index contributed by atoms with van der Waals surface area (Å²) >= 11 is 7.31. The first-order valence-electron chi connectivity index (χ1n) is 5.65. The van der Waals surface area contributed by atoms with Crippen LogP contribution in [0.3, 0.4) is 0 Å². The Morgan fingerprint density at radius 3 is 2.47 bits per heavy atom. The molecule has 2 unspecified atom stereocenters. The highest BCUT2D eigenvalue weighted by Gasteiger charge is 2.15. The van der Waals surface area contributed by atoms with Crippen LogP contribution in [0, 0.1) is 0 Å². The quantitative estimate of drug-likeness (QED) is 0.856. The van der Waals surface area contributed by atoms with Crippen LogP contribution in [-0.2, 0) is 0 Å². The molecule has 1 nitrogen and oxygen atoms in total. The second-order valence-corrected chi connectivity index (χ2v) is 5.95. The van der Waals surface area contributed by atoms with Gasteiger partial charge in [0, 0.05) is 4.88 Å². The van der Waals surface area contributed by atoms with Gasteiger partial charge in [-0.1, -0.05) is 48.9 Å². The minimum Gasteiger partial charge on any atom is -0.388 e. The van der Waals surface area contributed by atoms with Gasteiger partial charge in [0.05, 0.1) is 10.4 Å². The van der Waals surface area contributed by atoms with Crippen LogP contribution < -0.4 is 0 Å². The second-order valence-electron chi connectivity index (χ2n) is 4.21. The zero-order valence-electron chi connectivity index (χ0n) is 9.64. The van der Waals surface area contributed by atoms with Gasteiger partial charge in [0.25, 0.3) is 0 Å². The number of hydrogen-bond acceptors (Lipinski definition) is 2. The largest absolute Gasteiger partial charge is 0.388 e. The van der Waals surface area contributed by atoms with Crippen molar-refractivity contribution in [3.05, 3.63) is 57.2 Å². The lowest BCUT2D eigenvalue weighted by Gasteiger charge is -2.15. The highest BCUT2D eigenvalue weighted by atomic mass is 35.5. The fourth-order valence-electron chi connectivity index (χ4n) is 1.88. The summed E-state index contributed by atoms with van der Waals surface area (Å²) in [6, 6.07) is 14.0. The summed E-state index contributed by atoms with van der Waals surface area (Å²) < 4.78 is 0.728. The average molecular weight is 267 g/mol. The maximum atomic E-state index is 10.1. The van der Waals surface area contributed by atoms with Gasteiger partial charge >= 0.3 is 0 Å². The highest BCUT2D eigenvalue weighted by molar-refractivity contribution is 7.16. The first-order valence-corrected chi connectivity index (χ1v) is 6.84. The molecule has 0 radical (unpaired) electrons. The molecule has 3 heteroatoms. The topological polar surface area (TPSA) is 20.2 Å². The Bertz CT molecular complexity index is 466. The van der Waals surface area contributed by atoms with Crippen LogP contribution in [0.25, 0.3) is 0 Å². The third-order valence-electron chi connectivity index (χ3n) is 2.87. The SMILES string of the molecule is CC(CC(O)c1ccc(Cl)s1)c1ccccc1. The van der Waals surface area contributed by atoms with Gasteiger partial charge in [0.1, 0.15) is 0 Å². The molecule has 90 valence electrons. The minimum absolute atomic E-state index is 0.340. The minimum atomic E-state index is -0.428. The third-order valence-corrected chi connectivity index (χ3v) is 4.20. The van der Waals surface area contributed by atoms with Crippen molar-refractivity contribution in [1.82, 2.24) is 0 Å². The summed E-state index contributed by atoms with van der Waals surface area (Å²) in [5, 5.41) is 10.1. The van der Waals surface area contributed by atoms with E-state index in [0.29, 0.717) is 5.92 Å². The van der Waals surface area contributed by atoms with Gasteiger partial charge < -0.3 is 5.11 Å². The molecule has 1 aromatic heterocycles. The Morgan fingerprint density at radius 1 is 1.18 bits per heavy atom. The zero-order chi connectivity index (χ0) is 12.3. The summed E-state index contributed by atoms with van der Waals surface area (Å²) in [6.45, 7) is 2.13. The number of benzene rings is 1. The van der Waals surface area contributed by atoms with Gasteiger partial charge in [-0.3, -0.25) is 0 Å². The summed E-state index contributed by atoms with van der Waals surface area (Å²) in [5.41, 5.74) is 1.26. The third kappa shape index (κ3) is 3.32. The van der Waals surface area contributed by atoms with E-state index in [1.54, 1.807) is 0 Å². The Hall–Kier alpha value is -0.830. The van der Waals surface area contributed by atoms with E-state index in [9.17, 15) is 5.11 Å². The molecule has 2 rings (SSSR count). The maximum absolute atomic E-state index is 10.1. The summed E-state index contributed by atoms with van der Waals surface area (Å²) in [6.07, 6.45) is 0.295. The monoisotopic (exact) mass is 266 g/mol. The number of aliphatic hydroxyl groups is 1. The molecule has 0 aliphatic carbocycles. The molecule has 2 aromatic rings. The normalized spacial score (nSPS) is 14.5. The standard InChI is InChI=1S/C14H15ClOS/c1-10(11-5-3-2-4-6-11)9-12(16)13-7-8-14(15)17-13/h2-8,10,12,16H,9H2,1H3. The number of thiophene rings is 1. The Morgan fingerprint density at radius 2 is 1.88 bits per heavy atom. The van der Waals surface area contributed by atoms with Crippen molar-refractivity contribution in [3.63, 3.8) is 0 Å². The summed E-state index contributed by atoms with van der Waals surface area (Å²) in [7, 11) is 0. The molecule has 0 saturated carbocycles. The molecule has 1 heterocycles. The molecule has 0 spiro atoms. The van der Waals surface area contributed by atoms with Crippen molar-refractivity contribution < 1.29 is 5.11 Å². The van der Waals surface area contributed by atoms with E-state index in [1.807, 2.05) is 30.3 Å². The number of halogens is 1. The van der Waals surface area contributed by atoms with Gasteiger partial charge in [-0.25, -0.2) is 0 Å². The molecule has 0 aliphatic rings. The molecule has 0 fully saturated rings. The lowest BCUT2D eigenvalue weighted by Crippen LogP contribution is -2.01. The number of rotatable bonds is 4. The van der Waals surface area contributed by atoms with E-state index < -0.39 is 6.10 Å². The van der Waals surface area contributed by atoms with E-state index in [1.165, 1.54) is 16.9 Å². The predicted octanol–water partition coefficient (Wildman–Crippen LogP) is 4.63. The maximum Gasteiger partial charge on any atom is 0.0932 e. The average Bonchev–Trinajstić information content (AvgIpc) is 2.77. The van der Waals surface area contributed by atoms with E-state index in [2.05, 4.69) is 19.1 Å². The van der Waals surface area contributed by atoms with E-state index in [-0.39, 0.29) is 0 Å². The highest BCUT2D eigenvalue weighted by Crippen LogP contribution is 2.33. The zero-order valence-corrected chi connectivity index (χ0v) is 11.2. The van der Waals surface area contributed by atoms with Crippen LogP contribution in [0.15, 0.2) is 42.5 Å². The van der Waals surface area contributed by atoms with Crippen molar-refractivity contribution in [2.45, 2.75) is 25.4 Å². The van der Waals surface area contributed by atoms with Crippen molar-refractivity contribution in [1.29, 1.82) is 0 Å². The van der Waals surface area contributed by atoms with Gasteiger partial charge in [-0.15, -0.1) is 11.3 Å². The molecule has 17 heavy (non-hydrogen) atoms. The lowest BCUT2D eigenvalue weighted by molar-refractivity contribution is 0.163. The molecule has 0 saturated heterocycles. The second kappa shape index (κ2) is 5.67. The van der Waals surface area contributed by atoms with E-state index in [4.69, 9.17) is 11.6 Å². The van der Waals surface area contributed by atoms with Crippen LogP contribution in [0.2, 0.25) is 4.34 Å². The Kier molecular flexibility index (Phi) is 4.21. The first kappa shape index (κ1) is 12.6. The molecular formula is C14H15ClOS. The van der Waals surface area contributed by atoms with Gasteiger partial charge in [0.15, 0.2) is 0 Å². The van der Waals surface area contributed by atoms with Gasteiger partial charge in [-0.2, -0.15) is 0 Å². The van der Waals surface area contributed by atoms with Crippen molar-refractivity contribution in [2.75, 3.05) is 0 Å². The molecule has 0 aliphatic heterocycles. The van der Waals surface area contributed by atoms with Crippen molar-refractivity contribution in [3.8, 4) is 0 Å². The molecule has 0 amide bonds. The van der Waals surface area contributed by atoms with Gasteiger partial charge in [-0.05, 0) is 30.0 Å². The summed E-state index contributed by atoms with van der Waals surface area (Å²) in [4.78, 5) is 0.942. The Balaban J connectivity index is 2.02. The Labute approximate surface area is 111 Å². The number of hydrogen-bond donors (Lipinski definition) is 1. The van der Waals surface area contributed by atoms with Gasteiger partial charge in [0.2, 0.25) is 0 Å². The molecule has 1 aromatic carbocycles. The van der Waals surface area contributed by atoms with Crippen LogP contribution in [0.4, 0.5) is 0 Å². The predicted molar refractivity (Wildman–Crippen MR) is 73.8 cm³/mol. The molecule has 1 N–H and O–H groups in total. The fourth-order valence-corrected chi connectivity index (χ4v) is 2.94. The molecular weight excluding hydrogens is 252 g/mol. The van der Waals surface area contributed by atoms with Crippen LogP contribution >= 0.6 is 22.9 Å². The molecule has 0 bridgehead atoms. The molecule has 2 atom stereocenters. The van der Waals surface area contributed by atoms with Crippen LogP contribution in [-0.4, -0.2) is 5.11 Å². The van der Waals surface area contributed by atoms with Crippen LogP contribution in [0.1, 0.15) is 35.8 Å². The van der Waals surface area contributed by atoms with Crippen molar-refractivity contribution in [2.24, 2.45) is 0 Å². The van der Waals surface area contributed by atoms with Crippen molar-refractivity contribution >= 4 is 22.9 Å².